The highest BCUT2D eigenvalue weighted by atomic mass is 16.2. The third kappa shape index (κ3) is 4.26. The molecular formula is C19H25N5O. The molecule has 1 aliphatic heterocycles. The van der Waals surface area contributed by atoms with Crippen LogP contribution in [0.2, 0.25) is 0 Å². The molecule has 2 aromatic rings. The quantitative estimate of drug-likeness (QED) is 0.928. The second kappa shape index (κ2) is 7.51. The van der Waals surface area contributed by atoms with E-state index in [2.05, 4.69) is 15.3 Å². The summed E-state index contributed by atoms with van der Waals surface area (Å²) >= 11 is 0. The Hall–Kier alpha value is -2.63. The van der Waals surface area contributed by atoms with Crippen LogP contribution in [-0.4, -0.2) is 54.0 Å². The van der Waals surface area contributed by atoms with Gasteiger partial charge in [0, 0.05) is 56.2 Å². The summed E-state index contributed by atoms with van der Waals surface area (Å²) in [6.45, 7) is 3.47. The number of anilines is 2. The van der Waals surface area contributed by atoms with E-state index >= 15 is 0 Å². The Morgan fingerprint density at radius 2 is 1.84 bits per heavy atom. The van der Waals surface area contributed by atoms with Gasteiger partial charge in [0.05, 0.1) is 0 Å². The van der Waals surface area contributed by atoms with Crippen molar-refractivity contribution in [3.63, 3.8) is 0 Å². The maximum atomic E-state index is 12.7. The largest absolute Gasteiger partial charge is 0.378 e. The fourth-order valence-corrected chi connectivity index (χ4v) is 3.05. The minimum Gasteiger partial charge on any atom is -0.378 e. The highest BCUT2D eigenvalue weighted by molar-refractivity contribution is 5.94. The molecule has 132 valence electrons. The van der Waals surface area contributed by atoms with Crippen molar-refractivity contribution >= 4 is 17.4 Å². The van der Waals surface area contributed by atoms with E-state index in [-0.39, 0.29) is 5.91 Å². The third-order valence-electron chi connectivity index (χ3n) is 4.57. The van der Waals surface area contributed by atoms with Gasteiger partial charge in [-0.1, -0.05) is 0 Å². The molecule has 0 saturated carbocycles. The second-order valence-corrected chi connectivity index (χ2v) is 6.70. The van der Waals surface area contributed by atoms with Gasteiger partial charge < -0.3 is 15.1 Å². The van der Waals surface area contributed by atoms with Crippen LogP contribution < -0.4 is 10.2 Å². The van der Waals surface area contributed by atoms with E-state index in [4.69, 9.17) is 0 Å². The highest BCUT2D eigenvalue weighted by Crippen LogP contribution is 2.19. The minimum atomic E-state index is 0.113. The van der Waals surface area contributed by atoms with Crippen LogP contribution in [0.15, 0.2) is 36.7 Å². The molecule has 6 nitrogen and oxygen atoms in total. The normalized spacial score (nSPS) is 15.1. The molecule has 0 atom stereocenters. The lowest BCUT2D eigenvalue weighted by atomic mass is 10.0. The molecule has 1 amide bonds. The topological polar surface area (TPSA) is 61.4 Å². The van der Waals surface area contributed by atoms with Crippen molar-refractivity contribution in [2.45, 2.75) is 25.8 Å². The predicted octanol–water partition coefficient (Wildman–Crippen LogP) is 2.57. The zero-order chi connectivity index (χ0) is 17.8. The first-order valence-electron chi connectivity index (χ1n) is 8.65. The first-order valence-corrected chi connectivity index (χ1v) is 8.65. The number of benzene rings is 1. The smallest absolute Gasteiger partial charge is 0.253 e. The lowest BCUT2D eigenvalue weighted by Gasteiger charge is -2.32. The number of amides is 1. The molecule has 0 unspecified atom stereocenters. The number of hydrogen-bond acceptors (Lipinski definition) is 5. The zero-order valence-corrected chi connectivity index (χ0v) is 15.1. The molecule has 0 radical (unpaired) electrons. The van der Waals surface area contributed by atoms with Gasteiger partial charge in [0.15, 0.2) is 0 Å². The Morgan fingerprint density at radius 1 is 1.16 bits per heavy atom. The number of carbonyl (C=O) groups excluding carboxylic acids is 1. The van der Waals surface area contributed by atoms with E-state index in [9.17, 15) is 4.79 Å². The summed E-state index contributed by atoms with van der Waals surface area (Å²) in [7, 11) is 3.99. The summed E-state index contributed by atoms with van der Waals surface area (Å²) in [4.78, 5) is 25.0. The predicted molar refractivity (Wildman–Crippen MR) is 100 cm³/mol. The van der Waals surface area contributed by atoms with Crippen molar-refractivity contribution in [3.05, 3.63) is 47.9 Å². The van der Waals surface area contributed by atoms with Gasteiger partial charge >= 0.3 is 0 Å². The summed E-state index contributed by atoms with van der Waals surface area (Å²) in [5, 5.41) is 3.45. The second-order valence-electron chi connectivity index (χ2n) is 6.70. The van der Waals surface area contributed by atoms with Crippen molar-refractivity contribution in [1.82, 2.24) is 14.9 Å². The lowest BCUT2D eigenvalue weighted by molar-refractivity contribution is 0.0718. The number of aryl methyl sites for hydroxylation is 1. The zero-order valence-electron chi connectivity index (χ0n) is 15.1. The molecule has 1 aromatic carbocycles. The van der Waals surface area contributed by atoms with Crippen molar-refractivity contribution in [2.24, 2.45) is 0 Å². The van der Waals surface area contributed by atoms with Gasteiger partial charge in [-0.2, -0.15) is 0 Å². The van der Waals surface area contributed by atoms with Gasteiger partial charge in [-0.05, 0) is 44.0 Å². The number of carbonyl (C=O) groups is 1. The van der Waals surface area contributed by atoms with E-state index < -0.39 is 0 Å². The van der Waals surface area contributed by atoms with Crippen LogP contribution in [0.3, 0.4) is 0 Å². The van der Waals surface area contributed by atoms with Crippen LogP contribution in [-0.2, 0) is 0 Å². The average molecular weight is 339 g/mol. The van der Waals surface area contributed by atoms with Crippen molar-refractivity contribution in [2.75, 3.05) is 37.4 Å². The van der Waals surface area contributed by atoms with Crippen molar-refractivity contribution < 1.29 is 4.79 Å². The Balaban J connectivity index is 1.55. The Bertz CT molecular complexity index is 721. The Labute approximate surface area is 148 Å². The maximum absolute atomic E-state index is 12.7. The summed E-state index contributed by atoms with van der Waals surface area (Å²) in [5.41, 5.74) is 2.80. The molecule has 3 rings (SSSR count). The van der Waals surface area contributed by atoms with Gasteiger partial charge in [-0.15, -0.1) is 0 Å². The SMILES string of the molecule is Cc1cc(NC2CCN(C(=O)c3ccc(N(C)C)cc3)CC2)ncn1. The van der Waals surface area contributed by atoms with Gasteiger partial charge in [-0.3, -0.25) is 4.79 Å². The first-order chi connectivity index (χ1) is 12.0. The molecule has 1 aromatic heterocycles. The first kappa shape index (κ1) is 17.2. The van der Waals surface area contributed by atoms with E-state index in [1.807, 2.05) is 61.2 Å². The van der Waals surface area contributed by atoms with Crippen molar-refractivity contribution in [1.29, 1.82) is 0 Å². The molecule has 25 heavy (non-hydrogen) atoms. The van der Waals surface area contributed by atoms with Crippen LogP contribution in [0.4, 0.5) is 11.5 Å². The van der Waals surface area contributed by atoms with E-state index in [0.29, 0.717) is 6.04 Å². The van der Waals surface area contributed by atoms with Gasteiger partial charge in [0.2, 0.25) is 0 Å². The van der Waals surface area contributed by atoms with E-state index in [1.54, 1.807) is 6.33 Å². The molecule has 1 N–H and O–H groups in total. The van der Waals surface area contributed by atoms with Crippen LogP contribution in [0.5, 0.6) is 0 Å². The van der Waals surface area contributed by atoms with Gasteiger partial charge in [0.25, 0.3) is 5.91 Å². The standard InChI is InChI=1S/C19H25N5O/c1-14-12-18(21-13-20-14)22-16-8-10-24(11-9-16)19(25)15-4-6-17(7-5-15)23(2)3/h4-7,12-13,16H,8-11H2,1-3H3,(H,20,21,22). The number of piperidine rings is 1. The summed E-state index contributed by atoms with van der Waals surface area (Å²) < 4.78 is 0. The number of hydrogen-bond donors (Lipinski definition) is 1. The summed E-state index contributed by atoms with van der Waals surface area (Å²) in [5.74, 6) is 0.971. The molecule has 0 spiro atoms. The van der Waals surface area contributed by atoms with Gasteiger partial charge in [-0.25, -0.2) is 9.97 Å². The van der Waals surface area contributed by atoms with Gasteiger partial charge in [0.1, 0.15) is 12.1 Å². The fraction of sp³-hybridized carbons (Fsp3) is 0.421. The molecule has 0 bridgehead atoms. The average Bonchev–Trinajstić information content (AvgIpc) is 2.62. The lowest BCUT2D eigenvalue weighted by Crippen LogP contribution is -2.42. The third-order valence-corrected chi connectivity index (χ3v) is 4.57. The van der Waals surface area contributed by atoms with Crippen LogP contribution in [0, 0.1) is 6.92 Å². The molecule has 2 heterocycles. The number of likely N-dealkylation sites (tertiary alicyclic amines) is 1. The number of aromatic nitrogens is 2. The monoisotopic (exact) mass is 339 g/mol. The molecule has 1 aliphatic rings. The Kier molecular flexibility index (Phi) is 5.16. The fourth-order valence-electron chi connectivity index (χ4n) is 3.05. The highest BCUT2D eigenvalue weighted by Gasteiger charge is 2.23. The molecule has 6 heteroatoms. The maximum Gasteiger partial charge on any atom is 0.253 e. The number of nitrogens with zero attached hydrogens (tertiary/aromatic N) is 4. The summed E-state index contributed by atoms with van der Waals surface area (Å²) in [6.07, 6.45) is 3.42. The number of nitrogens with one attached hydrogen (secondary N) is 1. The molecule has 1 saturated heterocycles. The molecule has 0 aliphatic carbocycles. The van der Waals surface area contributed by atoms with Crippen molar-refractivity contribution in [3.8, 4) is 0 Å². The van der Waals surface area contributed by atoms with E-state index in [0.717, 1.165) is 48.7 Å². The summed E-state index contributed by atoms with van der Waals surface area (Å²) in [6, 6.07) is 10.1. The molecule has 1 fully saturated rings. The molecular weight excluding hydrogens is 314 g/mol. The minimum absolute atomic E-state index is 0.113. The van der Waals surface area contributed by atoms with Crippen LogP contribution >= 0.6 is 0 Å². The van der Waals surface area contributed by atoms with E-state index in [1.165, 1.54) is 0 Å². The van der Waals surface area contributed by atoms with Crippen LogP contribution in [0.1, 0.15) is 28.9 Å². The van der Waals surface area contributed by atoms with Crippen LogP contribution in [0.25, 0.3) is 0 Å². The Morgan fingerprint density at radius 3 is 2.44 bits per heavy atom. The number of rotatable bonds is 4.